The molecule has 0 spiro atoms. The maximum absolute atomic E-state index is 13.4. The standard InChI is InChI=1S/C23H31N3O3/c1-5-6-7-16-29-21-19(28-4)9-8-18-20(21)25-23(2,3)26(22(18)27)15-12-17-10-13-24-14-11-17/h8-11,13-14,25H,5-7,12,15-16H2,1-4H3. The molecule has 1 aliphatic rings. The molecular formula is C23H31N3O3. The molecule has 0 saturated heterocycles. The number of methoxy groups -OCH3 is 1. The molecule has 0 fully saturated rings. The molecule has 29 heavy (non-hydrogen) atoms. The summed E-state index contributed by atoms with van der Waals surface area (Å²) in [7, 11) is 1.62. The first-order valence-electron chi connectivity index (χ1n) is 10.3. The Balaban J connectivity index is 1.85. The van der Waals surface area contributed by atoms with Crippen molar-refractivity contribution >= 4 is 11.6 Å². The van der Waals surface area contributed by atoms with Crippen LogP contribution in [0.1, 0.15) is 56.0 Å². The van der Waals surface area contributed by atoms with Gasteiger partial charge in [-0.25, -0.2) is 0 Å². The van der Waals surface area contributed by atoms with E-state index in [0.29, 0.717) is 30.2 Å². The Morgan fingerprint density at radius 1 is 1.14 bits per heavy atom. The molecule has 2 heterocycles. The monoisotopic (exact) mass is 397 g/mol. The van der Waals surface area contributed by atoms with E-state index in [2.05, 4.69) is 17.2 Å². The maximum atomic E-state index is 13.4. The molecule has 0 atom stereocenters. The van der Waals surface area contributed by atoms with E-state index < -0.39 is 5.66 Å². The van der Waals surface area contributed by atoms with Gasteiger partial charge < -0.3 is 19.7 Å². The molecule has 0 radical (unpaired) electrons. The van der Waals surface area contributed by atoms with Crippen LogP contribution >= 0.6 is 0 Å². The Kier molecular flexibility index (Phi) is 6.62. The van der Waals surface area contributed by atoms with Crippen LogP contribution in [0.3, 0.4) is 0 Å². The molecule has 3 rings (SSSR count). The summed E-state index contributed by atoms with van der Waals surface area (Å²) in [5, 5.41) is 3.52. The third kappa shape index (κ3) is 4.63. The predicted molar refractivity (Wildman–Crippen MR) is 115 cm³/mol. The third-order valence-corrected chi connectivity index (χ3v) is 5.29. The molecule has 1 amide bonds. The van der Waals surface area contributed by atoms with Crippen molar-refractivity contribution in [3.05, 3.63) is 47.8 Å². The van der Waals surface area contributed by atoms with Crippen molar-refractivity contribution in [3.8, 4) is 11.5 Å². The number of nitrogens with zero attached hydrogens (tertiary/aromatic N) is 2. The zero-order valence-corrected chi connectivity index (χ0v) is 17.8. The van der Waals surface area contributed by atoms with Crippen LogP contribution < -0.4 is 14.8 Å². The first-order chi connectivity index (χ1) is 14.0. The summed E-state index contributed by atoms with van der Waals surface area (Å²) in [6, 6.07) is 7.59. The Morgan fingerprint density at radius 3 is 2.59 bits per heavy atom. The van der Waals surface area contributed by atoms with Gasteiger partial charge in [-0.15, -0.1) is 0 Å². The number of pyridine rings is 1. The third-order valence-electron chi connectivity index (χ3n) is 5.29. The van der Waals surface area contributed by atoms with Crippen molar-refractivity contribution in [2.75, 3.05) is 25.6 Å². The van der Waals surface area contributed by atoms with E-state index in [1.54, 1.807) is 19.5 Å². The van der Waals surface area contributed by atoms with Gasteiger partial charge >= 0.3 is 0 Å². The lowest BCUT2D eigenvalue weighted by Crippen LogP contribution is -2.56. The predicted octanol–water partition coefficient (Wildman–Crippen LogP) is 4.51. The Hall–Kier alpha value is -2.76. The number of ether oxygens (including phenoxy) is 2. The second-order valence-corrected chi connectivity index (χ2v) is 7.82. The molecule has 1 N–H and O–H groups in total. The maximum Gasteiger partial charge on any atom is 0.257 e. The second-order valence-electron chi connectivity index (χ2n) is 7.82. The number of carbonyl (C=O) groups excluding carboxylic acids is 1. The molecule has 1 aromatic carbocycles. The van der Waals surface area contributed by atoms with Crippen LogP contribution in [0, 0.1) is 0 Å². The lowest BCUT2D eigenvalue weighted by molar-refractivity contribution is 0.0577. The highest BCUT2D eigenvalue weighted by molar-refractivity contribution is 6.04. The number of anilines is 1. The fourth-order valence-corrected chi connectivity index (χ4v) is 3.64. The first kappa shape index (κ1) is 21.0. The Morgan fingerprint density at radius 2 is 1.90 bits per heavy atom. The Labute approximate surface area is 173 Å². The number of amides is 1. The van der Waals surface area contributed by atoms with E-state index in [1.807, 2.05) is 43.0 Å². The van der Waals surface area contributed by atoms with Gasteiger partial charge in [-0.05, 0) is 56.5 Å². The number of hydrogen-bond acceptors (Lipinski definition) is 5. The summed E-state index contributed by atoms with van der Waals surface area (Å²) in [6.07, 6.45) is 7.53. The average Bonchev–Trinajstić information content (AvgIpc) is 2.71. The van der Waals surface area contributed by atoms with Gasteiger partial charge in [-0.1, -0.05) is 19.8 Å². The van der Waals surface area contributed by atoms with Crippen molar-refractivity contribution in [2.24, 2.45) is 0 Å². The number of nitrogens with one attached hydrogen (secondary N) is 1. The molecule has 6 nitrogen and oxygen atoms in total. The van der Waals surface area contributed by atoms with E-state index >= 15 is 0 Å². The van der Waals surface area contributed by atoms with Crippen molar-refractivity contribution in [1.82, 2.24) is 9.88 Å². The first-order valence-corrected chi connectivity index (χ1v) is 10.3. The lowest BCUT2D eigenvalue weighted by Gasteiger charge is -2.44. The highest BCUT2D eigenvalue weighted by atomic mass is 16.5. The number of carbonyl (C=O) groups is 1. The van der Waals surface area contributed by atoms with Gasteiger partial charge in [-0.2, -0.15) is 0 Å². The van der Waals surface area contributed by atoms with E-state index in [0.717, 1.165) is 36.9 Å². The summed E-state index contributed by atoms with van der Waals surface area (Å²) in [5.74, 6) is 1.26. The number of aromatic nitrogens is 1. The minimum Gasteiger partial charge on any atom is -0.493 e. The van der Waals surface area contributed by atoms with Gasteiger partial charge in [0.2, 0.25) is 0 Å². The average molecular weight is 398 g/mol. The van der Waals surface area contributed by atoms with Crippen molar-refractivity contribution < 1.29 is 14.3 Å². The van der Waals surface area contributed by atoms with Crippen molar-refractivity contribution in [2.45, 2.75) is 52.1 Å². The quantitative estimate of drug-likeness (QED) is 0.631. The summed E-state index contributed by atoms with van der Waals surface area (Å²) < 4.78 is 11.6. The van der Waals surface area contributed by atoms with E-state index in [-0.39, 0.29) is 5.91 Å². The molecule has 1 aromatic heterocycles. The summed E-state index contributed by atoms with van der Waals surface area (Å²) in [4.78, 5) is 19.3. The fourth-order valence-electron chi connectivity index (χ4n) is 3.64. The van der Waals surface area contributed by atoms with E-state index in [1.165, 1.54) is 0 Å². The van der Waals surface area contributed by atoms with Crippen molar-refractivity contribution in [1.29, 1.82) is 0 Å². The molecular weight excluding hydrogens is 366 g/mol. The number of benzene rings is 1. The smallest absolute Gasteiger partial charge is 0.257 e. The van der Waals surface area contributed by atoms with Crippen LogP contribution in [0.15, 0.2) is 36.7 Å². The van der Waals surface area contributed by atoms with Crippen LogP contribution in [0.4, 0.5) is 5.69 Å². The zero-order valence-electron chi connectivity index (χ0n) is 17.8. The van der Waals surface area contributed by atoms with Crippen LogP contribution in [-0.2, 0) is 6.42 Å². The molecule has 0 aliphatic carbocycles. The highest BCUT2D eigenvalue weighted by Gasteiger charge is 2.39. The second kappa shape index (κ2) is 9.16. The van der Waals surface area contributed by atoms with Gasteiger partial charge in [0.25, 0.3) is 5.91 Å². The number of unbranched alkanes of at least 4 members (excludes halogenated alkanes) is 2. The molecule has 0 unspecified atom stereocenters. The van der Waals surface area contributed by atoms with Gasteiger partial charge in [0.15, 0.2) is 11.5 Å². The van der Waals surface area contributed by atoms with Crippen LogP contribution in [-0.4, -0.2) is 41.7 Å². The summed E-state index contributed by atoms with van der Waals surface area (Å²) in [5.41, 5.74) is 1.94. The zero-order chi connectivity index (χ0) is 20.9. The number of fused-ring (bicyclic) bond motifs is 1. The van der Waals surface area contributed by atoms with Crippen molar-refractivity contribution in [3.63, 3.8) is 0 Å². The molecule has 0 bridgehead atoms. The largest absolute Gasteiger partial charge is 0.493 e. The van der Waals surface area contributed by atoms with Gasteiger partial charge in [0.1, 0.15) is 5.66 Å². The summed E-state index contributed by atoms with van der Waals surface area (Å²) >= 11 is 0. The number of rotatable bonds is 9. The van der Waals surface area contributed by atoms with Gasteiger partial charge in [0, 0.05) is 18.9 Å². The lowest BCUT2D eigenvalue weighted by atomic mass is 10.00. The molecule has 6 heteroatoms. The molecule has 1 aliphatic heterocycles. The highest BCUT2D eigenvalue weighted by Crippen LogP contribution is 2.43. The summed E-state index contributed by atoms with van der Waals surface area (Å²) in [6.45, 7) is 7.40. The fraction of sp³-hybridized carbons (Fsp3) is 0.478. The van der Waals surface area contributed by atoms with Crippen LogP contribution in [0.5, 0.6) is 11.5 Å². The SMILES string of the molecule is CCCCCOc1c(OC)ccc2c1NC(C)(C)N(CCc1ccncc1)C2=O. The topological polar surface area (TPSA) is 63.7 Å². The molecule has 0 saturated carbocycles. The van der Waals surface area contributed by atoms with Gasteiger partial charge in [-0.3, -0.25) is 9.78 Å². The number of hydrogen-bond donors (Lipinski definition) is 1. The van der Waals surface area contributed by atoms with E-state index in [9.17, 15) is 4.79 Å². The normalized spacial score (nSPS) is 14.9. The molecule has 156 valence electrons. The minimum atomic E-state index is -0.551. The van der Waals surface area contributed by atoms with Gasteiger partial charge in [0.05, 0.1) is 25.0 Å². The minimum absolute atomic E-state index is 0.00105. The van der Waals surface area contributed by atoms with Crippen LogP contribution in [0.2, 0.25) is 0 Å². The molecule has 2 aromatic rings. The van der Waals surface area contributed by atoms with Crippen LogP contribution in [0.25, 0.3) is 0 Å². The van der Waals surface area contributed by atoms with E-state index in [4.69, 9.17) is 9.47 Å². The Bertz CT molecular complexity index is 837.